The molecule has 160 valence electrons. The molecular formula is C22H26N2O5S. The molecule has 0 saturated heterocycles. The minimum atomic E-state index is -4.04. The highest BCUT2D eigenvalue weighted by Gasteiger charge is 2.25. The fourth-order valence-corrected chi connectivity index (χ4v) is 4.47. The number of carbonyl (C=O) groups is 2. The molecule has 0 bridgehead atoms. The SMILES string of the molecule is CCOC(=O)NS(=O)(=O)c1ccc2c(c1)CN(C(=O)CC(C)c1ccccc1)CC2. The van der Waals surface area contributed by atoms with Crippen LogP contribution in [0.15, 0.2) is 53.4 Å². The number of nitrogens with one attached hydrogen (secondary N) is 1. The van der Waals surface area contributed by atoms with E-state index < -0.39 is 16.1 Å². The van der Waals surface area contributed by atoms with Crippen molar-refractivity contribution in [2.45, 2.75) is 44.0 Å². The number of hydrogen-bond donors (Lipinski definition) is 1. The number of carbonyl (C=O) groups excluding carboxylic acids is 2. The summed E-state index contributed by atoms with van der Waals surface area (Å²) in [5.41, 5.74) is 2.89. The first-order valence-electron chi connectivity index (χ1n) is 9.94. The first-order chi connectivity index (χ1) is 14.3. The van der Waals surface area contributed by atoms with Crippen molar-refractivity contribution in [1.29, 1.82) is 0 Å². The minimum Gasteiger partial charge on any atom is -0.449 e. The van der Waals surface area contributed by atoms with Gasteiger partial charge in [0.15, 0.2) is 0 Å². The van der Waals surface area contributed by atoms with Crippen molar-refractivity contribution < 1.29 is 22.7 Å². The lowest BCUT2D eigenvalue weighted by atomic mass is 9.95. The first-order valence-corrected chi connectivity index (χ1v) is 11.4. The summed E-state index contributed by atoms with van der Waals surface area (Å²) >= 11 is 0. The number of sulfonamides is 1. The Morgan fingerprint density at radius 1 is 1.13 bits per heavy atom. The summed E-state index contributed by atoms with van der Waals surface area (Å²) < 4.78 is 31.4. The number of rotatable bonds is 6. The van der Waals surface area contributed by atoms with Gasteiger partial charge in [-0.25, -0.2) is 17.9 Å². The normalized spacial score (nSPS) is 14.5. The molecule has 0 saturated carbocycles. The van der Waals surface area contributed by atoms with Gasteiger partial charge in [-0.05, 0) is 48.1 Å². The maximum atomic E-state index is 12.8. The highest BCUT2D eigenvalue weighted by Crippen LogP contribution is 2.25. The third kappa shape index (κ3) is 5.18. The summed E-state index contributed by atoms with van der Waals surface area (Å²) in [5.74, 6) is 0.135. The predicted molar refractivity (Wildman–Crippen MR) is 112 cm³/mol. The van der Waals surface area contributed by atoms with E-state index in [2.05, 4.69) is 4.74 Å². The van der Waals surface area contributed by atoms with E-state index in [0.717, 1.165) is 16.7 Å². The van der Waals surface area contributed by atoms with Gasteiger partial charge in [-0.2, -0.15) is 0 Å². The second-order valence-corrected chi connectivity index (χ2v) is 9.02. The van der Waals surface area contributed by atoms with Crippen LogP contribution >= 0.6 is 0 Å². The molecule has 8 heteroatoms. The van der Waals surface area contributed by atoms with Crippen molar-refractivity contribution in [3.63, 3.8) is 0 Å². The second kappa shape index (κ2) is 9.30. The van der Waals surface area contributed by atoms with Gasteiger partial charge in [0.05, 0.1) is 11.5 Å². The number of hydrogen-bond acceptors (Lipinski definition) is 5. The molecule has 0 spiro atoms. The van der Waals surface area contributed by atoms with Crippen LogP contribution < -0.4 is 4.72 Å². The number of benzene rings is 2. The van der Waals surface area contributed by atoms with E-state index >= 15 is 0 Å². The summed E-state index contributed by atoms with van der Waals surface area (Å²) in [6.45, 7) is 4.63. The summed E-state index contributed by atoms with van der Waals surface area (Å²) in [6.07, 6.45) is 0.0377. The lowest BCUT2D eigenvalue weighted by Gasteiger charge is -2.30. The molecule has 0 radical (unpaired) electrons. The van der Waals surface area contributed by atoms with E-state index in [0.29, 0.717) is 25.9 Å². The average Bonchev–Trinajstić information content (AvgIpc) is 2.73. The van der Waals surface area contributed by atoms with Gasteiger partial charge in [0, 0.05) is 19.5 Å². The molecule has 0 fully saturated rings. The van der Waals surface area contributed by atoms with E-state index in [1.54, 1.807) is 17.9 Å². The van der Waals surface area contributed by atoms with Crippen molar-refractivity contribution in [3.8, 4) is 0 Å². The fourth-order valence-electron chi connectivity index (χ4n) is 3.53. The van der Waals surface area contributed by atoms with Crippen LogP contribution in [0.2, 0.25) is 0 Å². The van der Waals surface area contributed by atoms with Gasteiger partial charge in [0.2, 0.25) is 5.91 Å². The molecular weight excluding hydrogens is 404 g/mol. The molecule has 1 heterocycles. The molecule has 1 aliphatic heterocycles. The van der Waals surface area contributed by atoms with Crippen LogP contribution in [0, 0.1) is 0 Å². The fraction of sp³-hybridized carbons (Fsp3) is 0.364. The van der Waals surface area contributed by atoms with Crippen LogP contribution in [-0.4, -0.2) is 38.5 Å². The van der Waals surface area contributed by atoms with Gasteiger partial charge in [0.1, 0.15) is 0 Å². The number of fused-ring (bicyclic) bond motifs is 1. The lowest BCUT2D eigenvalue weighted by Crippen LogP contribution is -2.37. The Labute approximate surface area is 177 Å². The molecule has 1 atom stereocenters. The second-order valence-electron chi connectivity index (χ2n) is 7.34. The highest BCUT2D eigenvalue weighted by molar-refractivity contribution is 7.90. The van der Waals surface area contributed by atoms with Gasteiger partial charge >= 0.3 is 6.09 Å². The van der Waals surface area contributed by atoms with Gasteiger partial charge in [-0.1, -0.05) is 43.3 Å². The van der Waals surface area contributed by atoms with Crippen LogP contribution in [0.4, 0.5) is 4.79 Å². The monoisotopic (exact) mass is 430 g/mol. The van der Waals surface area contributed by atoms with E-state index in [1.165, 1.54) is 12.1 Å². The van der Waals surface area contributed by atoms with E-state index in [9.17, 15) is 18.0 Å². The van der Waals surface area contributed by atoms with Gasteiger partial charge in [-0.15, -0.1) is 0 Å². The van der Waals surface area contributed by atoms with Gasteiger partial charge in [0.25, 0.3) is 10.0 Å². The van der Waals surface area contributed by atoms with Crippen LogP contribution in [0.5, 0.6) is 0 Å². The van der Waals surface area contributed by atoms with Gasteiger partial charge < -0.3 is 9.64 Å². The summed E-state index contributed by atoms with van der Waals surface area (Å²) in [5, 5.41) is 0. The standard InChI is InChI=1S/C22H26N2O5S/c1-3-29-22(26)23-30(27,28)20-10-9-18-11-12-24(15-19(18)14-20)21(25)13-16(2)17-7-5-4-6-8-17/h4-10,14,16H,3,11-13,15H2,1-2H3,(H,23,26). The van der Waals surface area contributed by atoms with Crippen LogP contribution in [0.3, 0.4) is 0 Å². The molecule has 2 amide bonds. The van der Waals surface area contributed by atoms with Gasteiger partial charge in [-0.3, -0.25) is 4.79 Å². The van der Waals surface area contributed by atoms with Crippen molar-refractivity contribution in [2.24, 2.45) is 0 Å². The molecule has 0 aromatic heterocycles. The van der Waals surface area contributed by atoms with Crippen LogP contribution in [0.25, 0.3) is 0 Å². The molecule has 1 unspecified atom stereocenters. The Kier molecular flexibility index (Phi) is 6.77. The maximum absolute atomic E-state index is 12.8. The molecule has 2 aromatic carbocycles. The number of nitrogens with zero attached hydrogens (tertiary/aromatic N) is 1. The molecule has 0 aliphatic carbocycles. The third-order valence-corrected chi connectivity index (χ3v) is 6.51. The average molecular weight is 431 g/mol. The predicted octanol–water partition coefficient (Wildman–Crippen LogP) is 3.20. The smallest absolute Gasteiger partial charge is 0.421 e. The van der Waals surface area contributed by atoms with Crippen molar-refractivity contribution in [1.82, 2.24) is 9.62 Å². The summed E-state index contributed by atoms with van der Waals surface area (Å²) in [4.78, 5) is 26.1. The summed E-state index contributed by atoms with van der Waals surface area (Å²) in [6, 6.07) is 14.6. The summed E-state index contributed by atoms with van der Waals surface area (Å²) in [7, 11) is -4.04. The van der Waals surface area contributed by atoms with E-state index in [-0.39, 0.29) is 23.3 Å². The zero-order valence-electron chi connectivity index (χ0n) is 17.1. The zero-order valence-corrected chi connectivity index (χ0v) is 17.9. The maximum Gasteiger partial charge on any atom is 0.421 e. The van der Waals surface area contributed by atoms with Crippen molar-refractivity contribution in [3.05, 3.63) is 65.2 Å². The third-order valence-electron chi connectivity index (χ3n) is 5.20. The van der Waals surface area contributed by atoms with Crippen LogP contribution in [-0.2, 0) is 32.5 Å². The quantitative estimate of drug-likeness (QED) is 0.760. The molecule has 1 aliphatic rings. The number of ether oxygens (including phenoxy) is 1. The zero-order chi connectivity index (χ0) is 21.7. The molecule has 30 heavy (non-hydrogen) atoms. The lowest BCUT2D eigenvalue weighted by molar-refractivity contribution is -0.132. The Morgan fingerprint density at radius 2 is 1.87 bits per heavy atom. The Hall–Kier alpha value is -2.87. The Balaban J connectivity index is 1.71. The molecule has 1 N–H and O–H groups in total. The minimum absolute atomic E-state index is 0.0266. The van der Waals surface area contributed by atoms with Crippen molar-refractivity contribution >= 4 is 22.0 Å². The highest BCUT2D eigenvalue weighted by atomic mass is 32.2. The molecule has 3 rings (SSSR count). The molecule has 7 nitrogen and oxygen atoms in total. The Bertz CT molecular complexity index is 1020. The largest absolute Gasteiger partial charge is 0.449 e. The van der Waals surface area contributed by atoms with E-state index in [4.69, 9.17) is 0 Å². The Morgan fingerprint density at radius 3 is 2.57 bits per heavy atom. The first kappa shape index (κ1) is 21.8. The van der Waals surface area contributed by atoms with E-state index in [1.807, 2.05) is 42.0 Å². The molecule has 2 aromatic rings. The van der Waals surface area contributed by atoms with Crippen LogP contribution in [0.1, 0.15) is 42.9 Å². The number of amides is 2. The van der Waals surface area contributed by atoms with Crippen molar-refractivity contribution in [2.75, 3.05) is 13.2 Å². The topological polar surface area (TPSA) is 92.8 Å².